The maximum Gasteiger partial charge on any atom is 0.509 e. The van der Waals surface area contributed by atoms with Gasteiger partial charge in [-0.3, -0.25) is 0 Å². The number of benzene rings is 2. The number of rotatable bonds is 5. The maximum absolute atomic E-state index is 12.6. The summed E-state index contributed by atoms with van der Waals surface area (Å²) in [6, 6.07) is 13.9. The van der Waals surface area contributed by atoms with Gasteiger partial charge in [-0.05, 0) is 104 Å². The summed E-state index contributed by atoms with van der Waals surface area (Å²) in [6.45, 7) is 6.51. The molecule has 4 aliphatic rings. The van der Waals surface area contributed by atoms with Crippen LogP contribution in [-0.2, 0) is 15.9 Å². The number of carbonyl (C=O) groups is 1. The Balaban J connectivity index is 1.28. The molecule has 0 N–H and O–H groups in total. The summed E-state index contributed by atoms with van der Waals surface area (Å²) < 4.78 is 28.7. The fraction of sp³-hybridized carbons (Fsp3) is 0.500. The molecule has 2 aromatic carbocycles. The van der Waals surface area contributed by atoms with Crippen molar-refractivity contribution in [1.29, 1.82) is 0 Å². The minimum atomic E-state index is -0.760. The number of methoxy groups -OCH3 is 2. The molecule has 36 heavy (non-hydrogen) atoms. The molecule has 0 unspecified atom stereocenters. The van der Waals surface area contributed by atoms with Crippen molar-refractivity contribution in [2.24, 2.45) is 17.3 Å². The van der Waals surface area contributed by atoms with Crippen LogP contribution >= 0.6 is 0 Å². The summed E-state index contributed by atoms with van der Waals surface area (Å²) >= 11 is 0. The van der Waals surface area contributed by atoms with E-state index in [0.29, 0.717) is 29.3 Å². The summed E-state index contributed by atoms with van der Waals surface area (Å²) in [6.07, 6.45) is 4.73. The highest BCUT2D eigenvalue weighted by Gasteiger charge is 2.71. The molecular weight excluding hydrogens is 456 g/mol. The Bertz CT molecular complexity index is 1190. The van der Waals surface area contributed by atoms with Gasteiger partial charge in [0, 0.05) is 5.41 Å². The first-order valence-electron chi connectivity index (χ1n) is 13.0. The second-order valence-corrected chi connectivity index (χ2v) is 11.0. The van der Waals surface area contributed by atoms with Crippen LogP contribution < -0.4 is 14.2 Å². The van der Waals surface area contributed by atoms with Gasteiger partial charge in [-0.2, -0.15) is 0 Å². The first kappa shape index (κ1) is 23.3. The summed E-state index contributed by atoms with van der Waals surface area (Å²) in [5, 5.41) is 0. The van der Waals surface area contributed by atoms with E-state index in [1.54, 1.807) is 14.2 Å². The Morgan fingerprint density at radius 1 is 0.972 bits per heavy atom. The van der Waals surface area contributed by atoms with E-state index >= 15 is 0 Å². The Labute approximate surface area is 212 Å². The van der Waals surface area contributed by atoms with Gasteiger partial charge in [0.15, 0.2) is 5.60 Å². The number of hydrogen-bond acceptors (Lipinski definition) is 6. The van der Waals surface area contributed by atoms with Crippen molar-refractivity contribution < 1.29 is 28.5 Å². The average molecular weight is 491 g/mol. The normalized spacial score (nSPS) is 34.1. The molecule has 6 rings (SSSR count). The van der Waals surface area contributed by atoms with Gasteiger partial charge in [-0.25, -0.2) is 4.79 Å². The van der Waals surface area contributed by atoms with E-state index in [9.17, 15) is 4.79 Å². The molecule has 6 nitrogen and oxygen atoms in total. The Morgan fingerprint density at radius 3 is 2.44 bits per heavy atom. The second kappa shape index (κ2) is 8.46. The molecule has 2 saturated carbocycles. The molecule has 0 aromatic heterocycles. The fourth-order valence-electron chi connectivity index (χ4n) is 7.91. The first-order chi connectivity index (χ1) is 17.4. The molecule has 1 aliphatic heterocycles. The first-order valence-corrected chi connectivity index (χ1v) is 13.0. The lowest BCUT2D eigenvalue weighted by molar-refractivity contribution is -0.102. The molecule has 0 radical (unpaired) electrons. The van der Waals surface area contributed by atoms with Crippen LogP contribution in [0.3, 0.4) is 0 Å². The third-order valence-electron chi connectivity index (χ3n) is 9.62. The number of hydrogen-bond donors (Lipinski definition) is 0. The second-order valence-electron chi connectivity index (χ2n) is 11.0. The summed E-state index contributed by atoms with van der Waals surface area (Å²) in [4.78, 5) is 12.6. The molecule has 1 spiro atoms. The van der Waals surface area contributed by atoms with Crippen LogP contribution in [0, 0.1) is 17.3 Å². The summed E-state index contributed by atoms with van der Waals surface area (Å²) in [5.74, 6) is 4.24. The van der Waals surface area contributed by atoms with Crippen LogP contribution in [-0.4, -0.2) is 32.1 Å². The summed E-state index contributed by atoms with van der Waals surface area (Å²) in [5.41, 5.74) is 1.92. The Morgan fingerprint density at radius 2 is 1.69 bits per heavy atom. The van der Waals surface area contributed by atoms with Crippen molar-refractivity contribution in [2.75, 3.05) is 14.2 Å². The van der Waals surface area contributed by atoms with Crippen molar-refractivity contribution in [3.63, 3.8) is 0 Å². The standard InChI is InChI=1S/C30H34O6/c1-18(34-21-8-6-20(32-3)7-9-21)27-30(36-28(31)35-27)16-14-26-25-11-5-19-17-22(33-4)10-12-23(19)24(25)13-15-29(26,30)2/h6-10,12,17,24-27H,1,5,11,13-16H2,2-4H3/t24-,25-,26+,27+,29+,30-/m1/s1. The van der Waals surface area contributed by atoms with Gasteiger partial charge in [0.05, 0.1) is 14.2 Å². The zero-order chi connectivity index (χ0) is 25.1. The average Bonchev–Trinajstić information content (AvgIpc) is 3.40. The monoisotopic (exact) mass is 490 g/mol. The SMILES string of the molecule is C=C(Oc1ccc(OC)cc1)[C@@H]1OC(=O)O[C@]12CC[C@H]1[C@@H]3CCc4cc(OC)ccc4[C@H]3CC[C@@]12C. The molecule has 0 amide bonds. The third-order valence-corrected chi connectivity index (χ3v) is 9.62. The number of cyclic esters (lactones) is 1. The van der Waals surface area contributed by atoms with E-state index in [1.807, 2.05) is 24.3 Å². The lowest BCUT2D eigenvalue weighted by Gasteiger charge is -2.53. The Hall–Kier alpha value is -3.15. The van der Waals surface area contributed by atoms with E-state index in [-0.39, 0.29) is 5.41 Å². The van der Waals surface area contributed by atoms with Crippen molar-refractivity contribution in [2.45, 2.75) is 63.1 Å². The van der Waals surface area contributed by atoms with E-state index < -0.39 is 17.9 Å². The van der Waals surface area contributed by atoms with E-state index in [4.69, 9.17) is 23.7 Å². The molecular formula is C30H34O6. The molecule has 6 atom stereocenters. The predicted molar refractivity (Wildman–Crippen MR) is 134 cm³/mol. The topological polar surface area (TPSA) is 63.2 Å². The van der Waals surface area contributed by atoms with Crippen LogP contribution in [0.15, 0.2) is 54.8 Å². The van der Waals surface area contributed by atoms with Crippen molar-refractivity contribution in [3.05, 3.63) is 65.9 Å². The van der Waals surface area contributed by atoms with Gasteiger partial charge < -0.3 is 23.7 Å². The zero-order valence-electron chi connectivity index (χ0n) is 21.3. The predicted octanol–water partition coefficient (Wildman–Crippen LogP) is 6.43. The molecule has 6 heteroatoms. The minimum Gasteiger partial charge on any atom is -0.497 e. The van der Waals surface area contributed by atoms with Gasteiger partial charge in [0.25, 0.3) is 0 Å². The summed E-state index contributed by atoms with van der Waals surface area (Å²) in [7, 11) is 3.35. The van der Waals surface area contributed by atoms with Crippen molar-refractivity contribution >= 4 is 6.16 Å². The molecule has 3 aliphatic carbocycles. The Kier molecular flexibility index (Phi) is 5.47. The van der Waals surface area contributed by atoms with Gasteiger partial charge in [0.1, 0.15) is 23.0 Å². The van der Waals surface area contributed by atoms with Crippen LogP contribution in [0.2, 0.25) is 0 Å². The maximum atomic E-state index is 12.6. The molecule has 1 saturated heterocycles. The number of fused-ring (bicyclic) bond motifs is 6. The number of ether oxygens (including phenoxy) is 5. The lowest BCUT2D eigenvalue weighted by atomic mass is 9.52. The third kappa shape index (κ3) is 3.33. The van der Waals surface area contributed by atoms with Crippen LogP contribution in [0.1, 0.15) is 56.1 Å². The number of carbonyl (C=O) groups excluding carboxylic acids is 1. The van der Waals surface area contributed by atoms with E-state index in [2.05, 4.69) is 31.7 Å². The highest BCUT2D eigenvalue weighted by atomic mass is 16.8. The van der Waals surface area contributed by atoms with Gasteiger partial charge in [-0.15, -0.1) is 0 Å². The lowest BCUT2D eigenvalue weighted by Crippen LogP contribution is -2.56. The molecule has 190 valence electrons. The zero-order valence-corrected chi connectivity index (χ0v) is 21.3. The smallest absolute Gasteiger partial charge is 0.497 e. The van der Waals surface area contributed by atoms with Crippen molar-refractivity contribution in [3.8, 4) is 17.2 Å². The highest BCUT2D eigenvalue weighted by Crippen LogP contribution is 2.68. The van der Waals surface area contributed by atoms with Crippen LogP contribution in [0.25, 0.3) is 0 Å². The van der Waals surface area contributed by atoms with Crippen LogP contribution in [0.4, 0.5) is 4.79 Å². The highest BCUT2D eigenvalue weighted by molar-refractivity contribution is 5.65. The fourth-order valence-corrected chi connectivity index (χ4v) is 7.91. The molecule has 0 bridgehead atoms. The minimum absolute atomic E-state index is 0.207. The van der Waals surface area contributed by atoms with E-state index in [0.717, 1.165) is 50.0 Å². The molecule has 2 aromatic rings. The quantitative estimate of drug-likeness (QED) is 0.356. The van der Waals surface area contributed by atoms with Gasteiger partial charge >= 0.3 is 6.16 Å². The molecule has 1 heterocycles. The van der Waals surface area contributed by atoms with Crippen LogP contribution in [0.5, 0.6) is 17.2 Å². The largest absolute Gasteiger partial charge is 0.509 e. The number of aryl methyl sites for hydroxylation is 1. The van der Waals surface area contributed by atoms with Crippen molar-refractivity contribution in [1.82, 2.24) is 0 Å². The van der Waals surface area contributed by atoms with Gasteiger partial charge in [-0.1, -0.05) is 19.6 Å². The molecule has 3 fully saturated rings. The van der Waals surface area contributed by atoms with E-state index in [1.165, 1.54) is 11.1 Å². The van der Waals surface area contributed by atoms with Gasteiger partial charge in [0.2, 0.25) is 6.10 Å².